The molecule has 154 valence electrons. The number of nitrogens with zero attached hydrogens (tertiary/aromatic N) is 2. The highest BCUT2D eigenvalue weighted by Crippen LogP contribution is 2.29. The molecule has 0 unspecified atom stereocenters. The van der Waals surface area contributed by atoms with Crippen molar-refractivity contribution in [3.63, 3.8) is 0 Å². The molecule has 0 saturated heterocycles. The summed E-state index contributed by atoms with van der Waals surface area (Å²) in [7, 11) is 0. The molecule has 1 aliphatic rings. The van der Waals surface area contributed by atoms with Gasteiger partial charge in [-0.25, -0.2) is 4.98 Å². The normalized spacial score (nSPS) is 16.3. The van der Waals surface area contributed by atoms with Crippen molar-refractivity contribution in [1.82, 2.24) is 14.9 Å². The van der Waals surface area contributed by atoms with Crippen molar-refractivity contribution in [2.45, 2.75) is 89.9 Å². The zero-order valence-electron chi connectivity index (χ0n) is 17.3. The molecule has 0 aromatic carbocycles. The lowest BCUT2D eigenvalue weighted by Gasteiger charge is -2.21. The summed E-state index contributed by atoms with van der Waals surface area (Å²) in [6.45, 7) is 7.98. The number of rotatable bonds is 5. The fraction of sp³-hybridized carbons (Fsp3) is 0.667. The molecule has 2 aromatic heterocycles. The summed E-state index contributed by atoms with van der Waals surface area (Å²) < 4.78 is 1.73. The van der Waals surface area contributed by atoms with Crippen molar-refractivity contribution in [2.75, 3.05) is 5.75 Å². The SMILES string of the molecule is Cc1sc2nc(SCC(=O)NC3CCCCCCC3)n(C(C)C)c(=O)c2c1C. The molecule has 0 radical (unpaired) electrons. The van der Waals surface area contributed by atoms with Crippen LogP contribution in [0.5, 0.6) is 0 Å². The summed E-state index contributed by atoms with van der Waals surface area (Å²) in [4.78, 5) is 32.3. The van der Waals surface area contributed by atoms with Crippen LogP contribution in [0.2, 0.25) is 0 Å². The maximum atomic E-state index is 13.1. The number of amides is 1. The van der Waals surface area contributed by atoms with E-state index in [2.05, 4.69) is 5.32 Å². The summed E-state index contributed by atoms with van der Waals surface area (Å²) in [6, 6.07) is 0.291. The molecule has 3 rings (SSSR count). The molecule has 7 heteroatoms. The van der Waals surface area contributed by atoms with Gasteiger partial charge in [-0.3, -0.25) is 14.2 Å². The third kappa shape index (κ3) is 4.79. The molecule has 1 saturated carbocycles. The number of nitrogens with one attached hydrogen (secondary N) is 1. The van der Waals surface area contributed by atoms with Crippen LogP contribution in [0.15, 0.2) is 9.95 Å². The van der Waals surface area contributed by atoms with Gasteiger partial charge >= 0.3 is 0 Å². The van der Waals surface area contributed by atoms with E-state index in [1.54, 1.807) is 15.9 Å². The lowest BCUT2D eigenvalue weighted by Crippen LogP contribution is -2.36. The Hall–Kier alpha value is -1.34. The molecule has 5 nitrogen and oxygen atoms in total. The first-order valence-corrected chi connectivity index (χ1v) is 12.1. The molecular weight excluding hydrogens is 390 g/mol. The van der Waals surface area contributed by atoms with Gasteiger partial charge < -0.3 is 5.32 Å². The summed E-state index contributed by atoms with van der Waals surface area (Å²) in [6.07, 6.45) is 8.40. The lowest BCUT2D eigenvalue weighted by atomic mass is 9.97. The average molecular weight is 422 g/mol. The highest BCUT2D eigenvalue weighted by atomic mass is 32.2. The zero-order chi connectivity index (χ0) is 20.3. The van der Waals surface area contributed by atoms with Crippen LogP contribution in [0.3, 0.4) is 0 Å². The smallest absolute Gasteiger partial charge is 0.263 e. The number of fused-ring (bicyclic) bond motifs is 1. The van der Waals surface area contributed by atoms with E-state index in [-0.39, 0.29) is 17.5 Å². The Kier molecular flexibility index (Phi) is 7.20. The van der Waals surface area contributed by atoms with Gasteiger partial charge in [-0.1, -0.05) is 43.9 Å². The Morgan fingerprint density at radius 2 is 1.86 bits per heavy atom. The number of carbonyl (C=O) groups is 1. The Bertz CT molecular complexity index is 893. The number of aryl methyl sites for hydroxylation is 2. The van der Waals surface area contributed by atoms with Gasteiger partial charge in [0, 0.05) is 17.0 Å². The molecule has 1 aliphatic carbocycles. The number of thioether (sulfide) groups is 1. The third-order valence-electron chi connectivity index (χ3n) is 5.52. The van der Waals surface area contributed by atoms with Gasteiger partial charge in [0.15, 0.2) is 5.16 Å². The molecule has 1 amide bonds. The second-order valence-corrected chi connectivity index (χ2v) is 10.2. The van der Waals surface area contributed by atoms with Gasteiger partial charge in [0.05, 0.1) is 11.1 Å². The van der Waals surface area contributed by atoms with E-state index < -0.39 is 0 Å². The monoisotopic (exact) mass is 421 g/mol. The molecule has 0 spiro atoms. The van der Waals surface area contributed by atoms with E-state index in [9.17, 15) is 9.59 Å². The van der Waals surface area contributed by atoms with E-state index in [0.717, 1.165) is 33.5 Å². The van der Waals surface area contributed by atoms with Crippen LogP contribution in [0.1, 0.15) is 75.3 Å². The van der Waals surface area contributed by atoms with Gasteiger partial charge in [0.2, 0.25) is 5.91 Å². The first-order valence-electron chi connectivity index (χ1n) is 10.3. The molecular formula is C21H31N3O2S2. The van der Waals surface area contributed by atoms with Gasteiger partial charge in [0.25, 0.3) is 5.56 Å². The predicted molar refractivity (Wildman–Crippen MR) is 119 cm³/mol. The topological polar surface area (TPSA) is 64.0 Å². The molecule has 1 fully saturated rings. The van der Waals surface area contributed by atoms with Crippen LogP contribution in [0, 0.1) is 13.8 Å². The number of aromatic nitrogens is 2. The minimum absolute atomic E-state index is 0.000161. The summed E-state index contributed by atoms with van der Waals surface area (Å²) in [5, 5.41) is 4.56. The van der Waals surface area contributed by atoms with E-state index >= 15 is 0 Å². The van der Waals surface area contributed by atoms with Crippen LogP contribution in [0.4, 0.5) is 0 Å². The van der Waals surface area contributed by atoms with E-state index in [1.165, 1.54) is 43.9 Å². The van der Waals surface area contributed by atoms with Crippen molar-refractivity contribution in [3.05, 3.63) is 20.8 Å². The Morgan fingerprint density at radius 1 is 1.21 bits per heavy atom. The summed E-state index contributed by atoms with van der Waals surface area (Å²) >= 11 is 2.93. The molecule has 0 aliphatic heterocycles. The summed E-state index contributed by atoms with van der Waals surface area (Å²) in [5.74, 6) is 0.337. The number of hydrogen-bond acceptors (Lipinski definition) is 5. The molecule has 0 bridgehead atoms. The molecule has 1 N–H and O–H groups in total. The minimum atomic E-state index is 0.000161. The molecule has 0 atom stereocenters. The highest BCUT2D eigenvalue weighted by molar-refractivity contribution is 7.99. The zero-order valence-corrected chi connectivity index (χ0v) is 19.0. The van der Waals surface area contributed by atoms with Gasteiger partial charge in [-0.2, -0.15) is 0 Å². The van der Waals surface area contributed by atoms with Crippen molar-refractivity contribution in [3.8, 4) is 0 Å². The van der Waals surface area contributed by atoms with Crippen molar-refractivity contribution < 1.29 is 4.79 Å². The summed E-state index contributed by atoms with van der Waals surface area (Å²) in [5.41, 5.74) is 1.02. The third-order valence-corrected chi connectivity index (χ3v) is 7.58. The van der Waals surface area contributed by atoms with Gasteiger partial charge in [-0.05, 0) is 46.1 Å². The first kappa shape index (κ1) is 21.4. The number of carbonyl (C=O) groups excluding carboxylic acids is 1. The van der Waals surface area contributed by atoms with Crippen LogP contribution in [-0.4, -0.2) is 27.3 Å². The minimum Gasteiger partial charge on any atom is -0.353 e. The Balaban J connectivity index is 1.75. The average Bonchev–Trinajstić information content (AvgIpc) is 2.89. The first-order chi connectivity index (χ1) is 13.4. The van der Waals surface area contributed by atoms with Gasteiger partial charge in [-0.15, -0.1) is 11.3 Å². The van der Waals surface area contributed by atoms with Crippen molar-refractivity contribution in [2.24, 2.45) is 0 Å². The maximum absolute atomic E-state index is 13.1. The van der Waals surface area contributed by atoms with Crippen molar-refractivity contribution in [1.29, 1.82) is 0 Å². The van der Waals surface area contributed by atoms with E-state index in [0.29, 0.717) is 17.0 Å². The van der Waals surface area contributed by atoms with Gasteiger partial charge in [0.1, 0.15) is 4.83 Å². The van der Waals surface area contributed by atoms with Crippen molar-refractivity contribution >= 4 is 39.2 Å². The molecule has 2 aromatic rings. The Labute approximate surface area is 175 Å². The number of thiophene rings is 1. The fourth-order valence-corrected chi connectivity index (χ4v) is 5.85. The fourth-order valence-electron chi connectivity index (χ4n) is 3.84. The molecule has 2 heterocycles. The second-order valence-electron chi connectivity index (χ2n) is 8.02. The number of hydrogen-bond donors (Lipinski definition) is 1. The standard InChI is InChI=1S/C21H31N3O2S2/c1-13(2)24-20(26)18-14(3)15(4)28-19(18)23-21(24)27-12-17(25)22-16-10-8-6-5-7-9-11-16/h13,16H,5-12H2,1-4H3,(H,22,25). The van der Waals surface area contributed by atoms with Crippen LogP contribution >= 0.6 is 23.1 Å². The van der Waals surface area contributed by atoms with E-state index in [4.69, 9.17) is 4.98 Å². The lowest BCUT2D eigenvalue weighted by molar-refractivity contribution is -0.119. The highest BCUT2D eigenvalue weighted by Gasteiger charge is 2.20. The maximum Gasteiger partial charge on any atom is 0.263 e. The largest absolute Gasteiger partial charge is 0.353 e. The second kappa shape index (κ2) is 9.44. The van der Waals surface area contributed by atoms with Crippen LogP contribution < -0.4 is 10.9 Å². The van der Waals surface area contributed by atoms with Crippen LogP contribution in [0.25, 0.3) is 10.2 Å². The van der Waals surface area contributed by atoms with E-state index in [1.807, 2.05) is 27.7 Å². The van der Waals surface area contributed by atoms with Crippen LogP contribution in [-0.2, 0) is 4.79 Å². The Morgan fingerprint density at radius 3 is 2.50 bits per heavy atom. The quantitative estimate of drug-likeness (QED) is 0.546. The predicted octanol–water partition coefficient (Wildman–Crippen LogP) is 4.98. The molecule has 28 heavy (non-hydrogen) atoms.